The quantitative estimate of drug-likeness (QED) is 0.599. The Bertz CT molecular complexity index is 1060. The number of hydrogen-bond acceptors (Lipinski definition) is 6. The van der Waals surface area contributed by atoms with Gasteiger partial charge in [-0.1, -0.05) is 33.8 Å². The monoisotopic (exact) mass is 422 g/mol. The summed E-state index contributed by atoms with van der Waals surface area (Å²) >= 11 is 0. The van der Waals surface area contributed by atoms with Crippen LogP contribution in [0.4, 0.5) is 11.4 Å². The minimum Gasteiger partial charge on any atom is -0.511 e. The lowest BCUT2D eigenvalue weighted by atomic mass is 9.77. The number of benzene rings is 1. The van der Waals surface area contributed by atoms with Gasteiger partial charge in [0.15, 0.2) is 11.6 Å². The van der Waals surface area contributed by atoms with Crippen LogP contribution in [0.25, 0.3) is 0 Å². The molecule has 0 atom stereocenters. The van der Waals surface area contributed by atoms with E-state index in [2.05, 4.69) is 9.98 Å². The average Bonchev–Trinajstić information content (AvgIpc) is 2.59. The lowest BCUT2D eigenvalue weighted by molar-refractivity contribution is -0.118. The molecule has 164 valence electrons. The summed E-state index contributed by atoms with van der Waals surface area (Å²) in [6.07, 6.45) is 4.33. The Morgan fingerprint density at radius 2 is 1.23 bits per heavy atom. The number of aliphatic hydroxyl groups is 2. The Labute approximate surface area is 183 Å². The second kappa shape index (κ2) is 8.25. The van der Waals surface area contributed by atoms with Crippen molar-refractivity contribution in [1.29, 1.82) is 0 Å². The maximum atomic E-state index is 12.4. The molecule has 0 unspecified atom stereocenters. The number of aliphatic imine (C=N–C) groups is 2. The summed E-state index contributed by atoms with van der Waals surface area (Å²) in [5.74, 6) is -0.179. The highest BCUT2D eigenvalue weighted by atomic mass is 16.3. The molecule has 2 aliphatic carbocycles. The molecule has 0 saturated carbocycles. The third-order valence-electron chi connectivity index (χ3n) is 5.59. The summed E-state index contributed by atoms with van der Waals surface area (Å²) in [5, 5.41) is 20.6. The summed E-state index contributed by atoms with van der Waals surface area (Å²) in [6, 6.07) is 5.46. The van der Waals surface area contributed by atoms with E-state index in [9.17, 15) is 19.8 Å². The highest BCUT2D eigenvalue weighted by Gasteiger charge is 2.33. The molecule has 1 aromatic carbocycles. The van der Waals surface area contributed by atoms with Crippen molar-refractivity contribution in [3.8, 4) is 0 Å². The normalized spacial score (nSPS) is 21.6. The molecule has 0 heterocycles. The van der Waals surface area contributed by atoms with Crippen molar-refractivity contribution in [1.82, 2.24) is 0 Å². The van der Waals surface area contributed by atoms with Crippen molar-refractivity contribution >= 4 is 35.4 Å². The van der Waals surface area contributed by atoms with Crippen LogP contribution >= 0.6 is 0 Å². The first-order valence-electron chi connectivity index (χ1n) is 10.5. The van der Waals surface area contributed by atoms with Gasteiger partial charge in [0.2, 0.25) is 0 Å². The van der Waals surface area contributed by atoms with E-state index in [1.807, 2.05) is 46.8 Å². The molecule has 6 heteroatoms. The molecule has 0 bridgehead atoms. The number of rotatable bonds is 4. The number of aryl methyl sites for hydroxylation is 1. The van der Waals surface area contributed by atoms with Crippen molar-refractivity contribution < 1.29 is 19.8 Å². The summed E-state index contributed by atoms with van der Waals surface area (Å²) < 4.78 is 0. The second-order valence-electron chi connectivity index (χ2n) is 10.1. The van der Waals surface area contributed by atoms with Crippen LogP contribution in [0.15, 0.2) is 50.8 Å². The molecule has 0 aliphatic heterocycles. The van der Waals surface area contributed by atoms with Crippen molar-refractivity contribution in [2.75, 3.05) is 0 Å². The number of carbonyl (C=O) groups excluding carboxylic acids is 2. The van der Waals surface area contributed by atoms with Gasteiger partial charge in [0, 0.05) is 38.1 Å². The van der Waals surface area contributed by atoms with Crippen molar-refractivity contribution in [2.45, 2.75) is 60.3 Å². The number of carbonyl (C=O) groups is 2. The van der Waals surface area contributed by atoms with Gasteiger partial charge in [-0.25, -0.2) is 0 Å². The van der Waals surface area contributed by atoms with E-state index in [1.165, 1.54) is 12.4 Å². The first-order valence-corrected chi connectivity index (χ1v) is 10.5. The zero-order valence-electron chi connectivity index (χ0n) is 18.8. The molecule has 31 heavy (non-hydrogen) atoms. The van der Waals surface area contributed by atoms with E-state index in [0.717, 1.165) is 5.56 Å². The number of nitrogens with zero attached hydrogens (tertiary/aromatic N) is 2. The third kappa shape index (κ3) is 5.37. The van der Waals surface area contributed by atoms with Crippen LogP contribution in [0.2, 0.25) is 0 Å². The van der Waals surface area contributed by atoms with Gasteiger partial charge in [-0.15, -0.1) is 0 Å². The molecular formula is C25H30N2O4. The minimum atomic E-state index is -0.270. The Morgan fingerprint density at radius 1 is 0.774 bits per heavy atom. The molecule has 0 aromatic heterocycles. The van der Waals surface area contributed by atoms with Gasteiger partial charge in [-0.2, -0.15) is 0 Å². The first kappa shape index (κ1) is 22.7. The van der Waals surface area contributed by atoms with Crippen LogP contribution in [-0.4, -0.2) is 34.2 Å². The maximum absolute atomic E-state index is 12.4. The fourth-order valence-electron chi connectivity index (χ4n) is 4.01. The molecule has 0 amide bonds. The Balaban J connectivity index is 1.92. The fraction of sp³-hybridized carbons (Fsp3) is 0.440. The van der Waals surface area contributed by atoms with Crippen molar-refractivity contribution in [2.24, 2.45) is 20.8 Å². The lowest BCUT2D eigenvalue weighted by Gasteiger charge is -2.28. The highest BCUT2D eigenvalue weighted by Crippen LogP contribution is 2.37. The van der Waals surface area contributed by atoms with E-state index >= 15 is 0 Å². The number of ketones is 2. The molecule has 0 spiro atoms. The molecular weight excluding hydrogens is 392 g/mol. The second-order valence-corrected chi connectivity index (χ2v) is 10.1. The maximum Gasteiger partial charge on any atom is 0.168 e. The standard InChI is InChI=1S/C25H30N2O4/c1-15-6-7-18(26-13-16-20(28)9-24(2,3)10-21(16)29)19(8-15)27-14-17-22(30)11-25(4,5)12-23(17)31/h6-8,13-14,28,30H,9-12H2,1-5H3. The van der Waals surface area contributed by atoms with E-state index < -0.39 is 0 Å². The van der Waals surface area contributed by atoms with Crippen LogP contribution < -0.4 is 0 Å². The molecule has 2 N–H and O–H groups in total. The summed E-state index contributed by atoms with van der Waals surface area (Å²) in [6.45, 7) is 9.69. The van der Waals surface area contributed by atoms with Gasteiger partial charge in [0.05, 0.1) is 22.5 Å². The van der Waals surface area contributed by atoms with Gasteiger partial charge >= 0.3 is 0 Å². The van der Waals surface area contributed by atoms with E-state index in [4.69, 9.17) is 0 Å². The molecule has 2 aliphatic rings. The van der Waals surface area contributed by atoms with Gasteiger partial charge in [-0.05, 0) is 35.4 Å². The highest BCUT2D eigenvalue weighted by molar-refractivity contribution is 6.16. The van der Waals surface area contributed by atoms with Crippen molar-refractivity contribution in [3.05, 3.63) is 46.4 Å². The topological polar surface area (TPSA) is 99.3 Å². The predicted octanol–water partition coefficient (Wildman–Crippen LogP) is 5.80. The van der Waals surface area contributed by atoms with Crippen molar-refractivity contribution in [3.63, 3.8) is 0 Å². The zero-order chi connectivity index (χ0) is 23.0. The van der Waals surface area contributed by atoms with Gasteiger partial charge in [0.25, 0.3) is 0 Å². The van der Waals surface area contributed by atoms with E-state index in [1.54, 1.807) is 6.07 Å². The summed E-state index contributed by atoms with van der Waals surface area (Å²) in [5.41, 5.74) is 1.88. The zero-order valence-corrected chi connectivity index (χ0v) is 18.8. The Morgan fingerprint density at radius 3 is 1.68 bits per heavy atom. The SMILES string of the molecule is Cc1ccc(N=CC2=C(O)CC(C)(C)CC2=O)c(N=CC2=C(O)CC(C)(C)CC2=O)c1. The van der Waals surface area contributed by atoms with Gasteiger partial charge < -0.3 is 10.2 Å². The van der Waals surface area contributed by atoms with Crippen LogP contribution in [0, 0.1) is 17.8 Å². The van der Waals surface area contributed by atoms with Crippen LogP contribution in [0.5, 0.6) is 0 Å². The molecule has 0 radical (unpaired) electrons. The third-order valence-corrected chi connectivity index (χ3v) is 5.59. The van der Waals surface area contributed by atoms with Crippen LogP contribution in [0.1, 0.15) is 58.9 Å². The smallest absolute Gasteiger partial charge is 0.168 e. The van der Waals surface area contributed by atoms with E-state index in [-0.39, 0.29) is 45.1 Å². The summed E-state index contributed by atoms with van der Waals surface area (Å²) in [4.78, 5) is 33.7. The predicted molar refractivity (Wildman–Crippen MR) is 123 cm³/mol. The Kier molecular flexibility index (Phi) is 6.03. The molecule has 1 aromatic rings. The minimum absolute atomic E-state index is 0.0488. The van der Waals surface area contributed by atoms with Gasteiger partial charge in [0.1, 0.15) is 11.5 Å². The van der Waals surface area contributed by atoms with Crippen LogP contribution in [-0.2, 0) is 9.59 Å². The largest absolute Gasteiger partial charge is 0.511 e. The molecule has 0 saturated heterocycles. The number of hydrogen-bond donors (Lipinski definition) is 2. The molecule has 6 nitrogen and oxygen atoms in total. The lowest BCUT2D eigenvalue weighted by Crippen LogP contribution is -2.26. The number of aliphatic hydroxyl groups excluding tert-OH is 2. The van der Waals surface area contributed by atoms with E-state index in [0.29, 0.717) is 37.1 Å². The average molecular weight is 423 g/mol. The number of allylic oxidation sites excluding steroid dienone is 4. The summed E-state index contributed by atoms with van der Waals surface area (Å²) in [7, 11) is 0. The first-order chi connectivity index (χ1) is 14.4. The molecule has 3 rings (SSSR count). The van der Waals surface area contributed by atoms with Crippen LogP contribution in [0.3, 0.4) is 0 Å². The molecule has 0 fully saturated rings. The number of Topliss-reactive ketones (excluding diaryl/α,β-unsaturated/α-hetero) is 2. The Hall–Kier alpha value is -3.02. The fourth-order valence-corrected chi connectivity index (χ4v) is 4.01. The van der Waals surface area contributed by atoms with Gasteiger partial charge in [-0.3, -0.25) is 19.6 Å².